The second-order valence-electron chi connectivity index (χ2n) is 8.87. The molecular formula is C22H35N3O3. The molecule has 6 heteroatoms. The number of rotatable bonds is 6. The van der Waals surface area contributed by atoms with Gasteiger partial charge in [-0.1, -0.05) is 31.4 Å². The average molecular weight is 390 g/mol. The summed E-state index contributed by atoms with van der Waals surface area (Å²) in [6.45, 7) is 8.13. The summed E-state index contributed by atoms with van der Waals surface area (Å²) < 4.78 is 5.28. The molecule has 2 rings (SSSR count). The van der Waals surface area contributed by atoms with E-state index in [0.29, 0.717) is 6.54 Å². The van der Waals surface area contributed by atoms with Crippen molar-refractivity contribution in [3.8, 4) is 5.75 Å². The molecule has 0 radical (unpaired) electrons. The molecule has 1 aliphatic rings. The Morgan fingerprint density at radius 2 is 1.71 bits per heavy atom. The smallest absolute Gasteiger partial charge is 0.321 e. The van der Waals surface area contributed by atoms with Gasteiger partial charge in [-0.05, 0) is 58.2 Å². The van der Waals surface area contributed by atoms with Gasteiger partial charge in [0.2, 0.25) is 5.91 Å². The third-order valence-corrected chi connectivity index (χ3v) is 5.38. The van der Waals surface area contributed by atoms with Crippen molar-refractivity contribution < 1.29 is 14.3 Å². The third kappa shape index (κ3) is 6.23. The monoisotopic (exact) mass is 389 g/mol. The Kier molecular flexibility index (Phi) is 7.47. The largest absolute Gasteiger partial charge is 0.497 e. The summed E-state index contributed by atoms with van der Waals surface area (Å²) >= 11 is 0. The maximum Gasteiger partial charge on any atom is 0.321 e. The van der Waals surface area contributed by atoms with E-state index in [1.165, 1.54) is 24.8 Å². The van der Waals surface area contributed by atoms with Crippen LogP contribution in [0.4, 0.5) is 4.79 Å². The Bertz CT molecular complexity index is 659. The van der Waals surface area contributed by atoms with Crippen molar-refractivity contribution in [1.29, 1.82) is 0 Å². The first-order chi connectivity index (χ1) is 13.1. The molecule has 3 amide bonds. The van der Waals surface area contributed by atoms with E-state index in [1.54, 1.807) is 14.0 Å². The summed E-state index contributed by atoms with van der Waals surface area (Å²) in [5.41, 5.74) is 0.896. The number of carbonyl (C=O) groups excluding carboxylic acids is 2. The van der Waals surface area contributed by atoms with Crippen molar-refractivity contribution in [1.82, 2.24) is 16.0 Å². The van der Waals surface area contributed by atoms with Crippen molar-refractivity contribution in [2.75, 3.05) is 13.7 Å². The topological polar surface area (TPSA) is 79.5 Å². The number of benzene rings is 1. The normalized spacial score (nSPS) is 17.5. The summed E-state index contributed by atoms with van der Waals surface area (Å²) in [5.74, 6) is 0.530. The Morgan fingerprint density at radius 3 is 2.25 bits per heavy atom. The molecule has 1 aromatic rings. The van der Waals surface area contributed by atoms with E-state index in [2.05, 4.69) is 28.1 Å². The van der Waals surface area contributed by atoms with Gasteiger partial charge in [0, 0.05) is 17.5 Å². The van der Waals surface area contributed by atoms with Crippen LogP contribution in [0, 0.1) is 0 Å². The number of hydrogen-bond acceptors (Lipinski definition) is 4. The van der Waals surface area contributed by atoms with Gasteiger partial charge in [0.25, 0.3) is 0 Å². The number of amides is 3. The van der Waals surface area contributed by atoms with Crippen molar-refractivity contribution >= 4 is 11.9 Å². The average Bonchev–Trinajstić information content (AvgIpc) is 2.65. The molecule has 1 unspecified atom stereocenters. The molecule has 6 nitrogen and oxygen atoms in total. The van der Waals surface area contributed by atoms with Crippen LogP contribution in [0.3, 0.4) is 0 Å². The number of hydrogen-bond donors (Lipinski definition) is 3. The molecule has 1 atom stereocenters. The van der Waals surface area contributed by atoms with E-state index in [-0.39, 0.29) is 16.9 Å². The van der Waals surface area contributed by atoms with Crippen LogP contribution in [0.5, 0.6) is 5.75 Å². The van der Waals surface area contributed by atoms with Gasteiger partial charge in [-0.25, -0.2) is 4.79 Å². The second kappa shape index (κ2) is 9.41. The fourth-order valence-electron chi connectivity index (χ4n) is 3.77. The number of nitrogens with one attached hydrogen (secondary N) is 3. The van der Waals surface area contributed by atoms with E-state index < -0.39 is 12.1 Å². The van der Waals surface area contributed by atoms with Crippen LogP contribution in [-0.4, -0.2) is 37.2 Å². The van der Waals surface area contributed by atoms with Gasteiger partial charge in [0.1, 0.15) is 5.75 Å². The maximum atomic E-state index is 12.4. The molecule has 0 aliphatic heterocycles. The fraction of sp³-hybridized carbons (Fsp3) is 0.636. The molecule has 1 aliphatic carbocycles. The molecule has 28 heavy (non-hydrogen) atoms. The lowest BCUT2D eigenvalue weighted by Gasteiger charge is -2.39. The van der Waals surface area contributed by atoms with E-state index in [4.69, 9.17) is 4.74 Å². The minimum atomic E-state index is -0.464. The lowest BCUT2D eigenvalue weighted by Crippen LogP contribution is -2.54. The van der Waals surface area contributed by atoms with E-state index in [1.807, 2.05) is 32.9 Å². The summed E-state index contributed by atoms with van der Waals surface area (Å²) in [7, 11) is 1.67. The molecule has 0 aromatic heterocycles. The molecular weight excluding hydrogens is 354 g/mol. The van der Waals surface area contributed by atoms with Crippen LogP contribution >= 0.6 is 0 Å². The van der Waals surface area contributed by atoms with E-state index in [9.17, 15) is 9.59 Å². The zero-order valence-corrected chi connectivity index (χ0v) is 17.9. The molecule has 0 heterocycles. The summed E-state index contributed by atoms with van der Waals surface area (Å²) in [4.78, 5) is 24.3. The lowest BCUT2D eigenvalue weighted by molar-refractivity contribution is -0.121. The number of carbonyl (C=O) groups is 2. The quantitative estimate of drug-likeness (QED) is 0.696. The maximum absolute atomic E-state index is 12.4. The van der Waals surface area contributed by atoms with Gasteiger partial charge in [0.05, 0.1) is 13.2 Å². The zero-order valence-electron chi connectivity index (χ0n) is 17.9. The molecule has 1 fully saturated rings. The van der Waals surface area contributed by atoms with Gasteiger partial charge in [0.15, 0.2) is 0 Å². The van der Waals surface area contributed by atoms with Gasteiger partial charge in [-0.3, -0.25) is 10.1 Å². The highest BCUT2D eigenvalue weighted by atomic mass is 16.5. The fourth-order valence-corrected chi connectivity index (χ4v) is 3.77. The molecule has 0 saturated heterocycles. The SMILES string of the molecule is COc1ccc(C2(CNC(C)C(=O)NC(=O)NC(C)(C)C)CCCCC2)cc1. The highest BCUT2D eigenvalue weighted by molar-refractivity contribution is 5.97. The molecule has 1 saturated carbocycles. The third-order valence-electron chi connectivity index (χ3n) is 5.38. The van der Waals surface area contributed by atoms with Crippen molar-refractivity contribution in [3.05, 3.63) is 29.8 Å². The molecule has 1 aromatic carbocycles. The molecule has 156 valence electrons. The van der Waals surface area contributed by atoms with Crippen LogP contribution in [0.25, 0.3) is 0 Å². The van der Waals surface area contributed by atoms with Gasteiger partial charge < -0.3 is 15.4 Å². The van der Waals surface area contributed by atoms with Crippen LogP contribution in [0.1, 0.15) is 65.4 Å². The standard InChI is InChI=1S/C22H35N3O3/c1-16(19(26)24-20(27)25-21(2,3)4)23-15-22(13-7-6-8-14-22)17-9-11-18(28-5)12-10-17/h9-12,16,23H,6-8,13-15H2,1-5H3,(H2,24,25,26,27). The van der Waals surface area contributed by atoms with Gasteiger partial charge in [-0.2, -0.15) is 0 Å². The number of ether oxygens (including phenoxy) is 1. The van der Waals surface area contributed by atoms with Gasteiger partial charge >= 0.3 is 6.03 Å². The Balaban J connectivity index is 2.00. The van der Waals surface area contributed by atoms with E-state index >= 15 is 0 Å². The van der Waals surface area contributed by atoms with Crippen molar-refractivity contribution in [3.63, 3.8) is 0 Å². The lowest BCUT2D eigenvalue weighted by atomic mass is 9.69. The molecule has 3 N–H and O–H groups in total. The van der Waals surface area contributed by atoms with Crippen LogP contribution < -0.4 is 20.7 Å². The Morgan fingerprint density at radius 1 is 1.11 bits per heavy atom. The zero-order chi connectivity index (χ0) is 20.8. The second-order valence-corrected chi connectivity index (χ2v) is 8.87. The highest BCUT2D eigenvalue weighted by Crippen LogP contribution is 2.39. The van der Waals surface area contributed by atoms with Crippen LogP contribution in [-0.2, 0) is 10.2 Å². The minimum Gasteiger partial charge on any atom is -0.497 e. The molecule has 0 bridgehead atoms. The Hall–Kier alpha value is -2.08. The summed E-state index contributed by atoms with van der Waals surface area (Å²) in [6, 6.07) is 7.34. The molecule has 0 spiro atoms. The number of imide groups is 1. The Labute approximate surface area is 168 Å². The first-order valence-corrected chi connectivity index (χ1v) is 10.2. The number of urea groups is 1. The van der Waals surface area contributed by atoms with Crippen molar-refractivity contribution in [2.45, 2.75) is 76.8 Å². The van der Waals surface area contributed by atoms with E-state index in [0.717, 1.165) is 18.6 Å². The highest BCUT2D eigenvalue weighted by Gasteiger charge is 2.34. The van der Waals surface area contributed by atoms with Crippen molar-refractivity contribution in [2.24, 2.45) is 0 Å². The van der Waals surface area contributed by atoms with Crippen LogP contribution in [0.2, 0.25) is 0 Å². The first kappa shape index (κ1) is 22.2. The number of methoxy groups -OCH3 is 1. The van der Waals surface area contributed by atoms with Crippen LogP contribution in [0.15, 0.2) is 24.3 Å². The minimum absolute atomic E-state index is 0.00668. The summed E-state index contributed by atoms with van der Waals surface area (Å²) in [5, 5.41) is 8.53. The summed E-state index contributed by atoms with van der Waals surface area (Å²) in [6.07, 6.45) is 5.79. The first-order valence-electron chi connectivity index (χ1n) is 10.2. The predicted molar refractivity (Wildman–Crippen MR) is 112 cm³/mol. The van der Waals surface area contributed by atoms with Gasteiger partial charge in [-0.15, -0.1) is 0 Å². The predicted octanol–water partition coefficient (Wildman–Crippen LogP) is 3.50.